The fraction of sp³-hybridized carbons (Fsp3) is 0.333. The maximum absolute atomic E-state index is 4.54. The highest BCUT2D eigenvalue weighted by molar-refractivity contribution is 9.08. The topological polar surface area (TPSA) is 29.0 Å². The van der Waals surface area contributed by atoms with Crippen LogP contribution in [0.25, 0.3) is 0 Å². The van der Waals surface area contributed by atoms with E-state index in [9.17, 15) is 0 Å². The molecule has 0 atom stereocenters. The largest absolute Gasteiger partial charge is 0.359 e. The Balaban J connectivity index is 2.02. The minimum Gasteiger partial charge on any atom is -0.359 e. The second-order valence-corrected chi connectivity index (χ2v) is 5.21. The molecular formula is C15H18BrN3. The van der Waals surface area contributed by atoms with Crippen LogP contribution in [-0.2, 0) is 11.8 Å². The van der Waals surface area contributed by atoms with Crippen LogP contribution in [0.1, 0.15) is 16.7 Å². The van der Waals surface area contributed by atoms with Crippen LogP contribution >= 0.6 is 15.9 Å². The van der Waals surface area contributed by atoms with Crippen molar-refractivity contribution in [3.8, 4) is 0 Å². The molecule has 4 heteroatoms. The van der Waals surface area contributed by atoms with Crippen molar-refractivity contribution in [1.82, 2.24) is 9.97 Å². The van der Waals surface area contributed by atoms with Crippen LogP contribution in [0.3, 0.4) is 0 Å². The molecule has 0 unspecified atom stereocenters. The summed E-state index contributed by atoms with van der Waals surface area (Å²) in [5.74, 6) is 1.05. The molecule has 0 aliphatic heterocycles. The molecule has 2 rings (SSSR count). The Bertz CT molecular complexity index is 528. The summed E-state index contributed by atoms with van der Waals surface area (Å²) >= 11 is 3.46. The number of nitrogens with zero attached hydrogens (tertiary/aromatic N) is 3. The SMILES string of the molecule is Cc1cc(CBr)cnc1N(C)CCc1ccncc1. The van der Waals surface area contributed by atoms with Crippen molar-refractivity contribution in [2.45, 2.75) is 18.7 Å². The smallest absolute Gasteiger partial charge is 0.131 e. The minimum atomic E-state index is 0.849. The number of aromatic nitrogens is 2. The number of alkyl halides is 1. The Morgan fingerprint density at radius 1 is 1.21 bits per heavy atom. The van der Waals surface area contributed by atoms with Gasteiger partial charge >= 0.3 is 0 Å². The van der Waals surface area contributed by atoms with Gasteiger partial charge < -0.3 is 4.90 Å². The summed E-state index contributed by atoms with van der Waals surface area (Å²) in [6, 6.07) is 6.30. The third kappa shape index (κ3) is 3.77. The normalized spacial score (nSPS) is 10.5. The van der Waals surface area contributed by atoms with E-state index < -0.39 is 0 Å². The van der Waals surface area contributed by atoms with Crippen molar-refractivity contribution in [2.24, 2.45) is 0 Å². The van der Waals surface area contributed by atoms with Crippen molar-refractivity contribution >= 4 is 21.7 Å². The van der Waals surface area contributed by atoms with Crippen LogP contribution in [0.4, 0.5) is 5.82 Å². The van der Waals surface area contributed by atoms with E-state index in [0.29, 0.717) is 0 Å². The lowest BCUT2D eigenvalue weighted by Crippen LogP contribution is -2.22. The van der Waals surface area contributed by atoms with Crippen LogP contribution in [0.2, 0.25) is 0 Å². The molecule has 0 N–H and O–H groups in total. The van der Waals surface area contributed by atoms with E-state index in [2.05, 4.69) is 63.0 Å². The number of aryl methyl sites for hydroxylation is 1. The predicted octanol–water partition coefficient (Wildman–Crippen LogP) is 3.36. The molecule has 0 saturated heterocycles. The average Bonchev–Trinajstić information content (AvgIpc) is 2.45. The molecule has 3 nitrogen and oxygen atoms in total. The highest BCUT2D eigenvalue weighted by atomic mass is 79.9. The second kappa shape index (κ2) is 6.66. The molecule has 0 aliphatic carbocycles. The van der Waals surface area contributed by atoms with E-state index in [4.69, 9.17) is 0 Å². The highest BCUT2D eigenvalue weighted by Gasteiger charge is 2.07. The first-order valence-corrected chi connectivity index (χ1v) is 7.44. The maximum Gasteiger partial charge on any atom is 0.131 e. The van der Waals surface area contributed by atoms with E-state index in [-0.39, 0.29) is 0 Å². The van der Waals surface area contributed by atoms with E-state index in [1.807, 2.05) is 18.6 Å². The molecule has 2 aromatic rings. The summed E-state index contributed by atoms with van der Waals surface area (Å²) < 4.78 is 0. The summed E-state index contributed by atoms with van der Waals surface area (Å²) in [6.07, 6.45) is 6.60. The minimum absolute atomic E-state index is 0.849. The monoisotopic (exact) mass is 319 g/mol. The number of hydrogen-bond acceptors (Lipinski definition) is 3. The van der Waals surface area contributed by atoms with Gasteiger partial charge in [-0.3, -0.25) is 4.98 Å². The quantitative estimate of drug-likeness (QED) is 0.791. The van der Waals surface area contributed by atoms with Crippen LogP contribution < -0.4 is 4.90 Å². The highest BCUT2D eigenvalue weighted by Crippen LogP contribution is 2.18. The number of rotatable bonds is 5. The third-order valence-electron chi connectivity index (χ3n) is 3.11. The van der Waals surface area contributed by atoms with Gasteiger partial charge in [-0.2, -0.15) is 0 Å². The number of pyridine rings is 2. The van der Waals surface area contributed by atoms with E-state index in [0.717, 1.165) is 24.1 Å². The number of halogens is 1. The number of likely N-dealkylation sites (N-methyl/N-ethyl adjacent to an activating group) is 1. The van der Waals surface area contributed by atoms with Gasteiger partial charge in [0.2, 0.25) is 0 Å². The fourth-order valence-corrected chi connectivity index (χ4v) is 2.36. The zero-order valence-electron chi connectivity index (χ0n) is 11.3. The molecule has 2 heterocycles. The molecule has 0 radical (unpaired) electrons. The lowest BCUT2D eigenvalue weighted by atomic mass is 10.2. The molecule has 0 aliphatic rings. The lowest BCUT2D eigenvalue weighted by molar-refractivity contribution is 0.852. The maximum atomic E-state index is 4.54. The summed E-state index contributed by atoms with van der Waals surface area (Å²) in [4.78, 5) is 10.8. The van der Waals surface area contributed by atoms with Gasteiger partial charge in [0.05, 0.1) is 0 Å². The van der Waals surface area contributed by atoms with Gasteiger partial charge in [-0.1, -0.05) is 22.0 Å². The fourth-order valence-electron chi connectivity index (χ4n) is 2.05. The summed E-state index contributed by atoms with van der Waals surface area (Å²) in [5, 5.41) is 0.849. The van der Waals surface area contributed by atoms with E-state index in [1.165, 1.54) is 16.7 Å². The van der Waals surface area contributed by atoms with Crippen LogP contribution in [0, 0.1) is 6.92 Å². The first-order chi connectivity index (χ1) is 9.20. The molecule has 0 amide bonds. The summed E-state index contributed by atoms with van der Waals surface area (Å²) in [6.45, 7) is 3.06. The van der Waals surface area contributed by atoms with Crippen molar-refractivity contribution in [1.29, 1.82) is 0 Å². The van der Waals surface area contributed by atoms with Crippen molar-refractivity contribution in [3.63, 3.8) is 0 Å². The van der Waals surface area contributed by atoms with Gasteiger partial charge in [0.15, 0.2) is 0 Å². The molecule has 19 heavy (non-hydrogen) atoms. The standard InChI is InChI=1S/C15H18BrN3/c1-12-9-14(10-16)11-18-15(12)19(2)8-5-13-3-6-17-7-4-13/h3-4,6-7,9,11H,5,8,10H2,1-2H3. The molecule has 0 saturated carbocycles. The molecule has 0 spiro atoms. The lowest BCUT2D eigenvalue weighted by Gasteiger charge is -2.20. The van der Waals surface area contributed by atoms with Gasteiger partial charge in [0.1, 0.15) is 5.82 Å². The Hall–Kier alpha value is -1.42. The molecular weight excluding hydrogens is 302 g/mol. The Kier molecular flexibility index (Phi) is 4.91. The number of anilines is 1. The average molecular weight is 320 g/mol. The molecule has 2 aromatic heterocycles. The zero-order valence-corrected chi connectivity index (χ0v) is 12.9. The second-order valence-electron chi connectivity index (χ2n) is 4.64. The molecule has 0 fully saturated rings. The Morgan fingerprint density at radius 2 is 1.95 bits per heavy atom. The predicted molar refractivity (Wildman–Crippen MR) is 82.8 cm³/mol. The summed E-state index contributed by atoms with van der Waals surface area (Å²) in [7, 11) is 2.09. The third-order valence-corrected chi connectivity index (χ3v) is 3.76. The first-order valence-electron chi connectivity index (χ1n) is 6.32. The van der Waals surface area contributed by atoms with E-state index >= 15 is 0 Å². The Morgan fingerprint density at radius 3 is 2.58 bits per heavy atom. The van der Waals surface area contributed by atoms with Gasteiger partial charge in [0, 0.05) is 37.5 Å². The van der Waals surface area contributed by atoms with Crippen molar-refractivity contribution in [2.75, 3.05) is 18.5 Å². The van der Waals surface area contributed by atoms with Gasteiger partial charge in [-0.15, -0.1) is 0 Å². The van der Waals surface area contributed by atoms with Crippen LogP contribution in [0.15, 0.2) is 36.8 Å². The zero-order chi connectivity index (χ0) is 13.7. The number of hydrogen-bond donors (Lipinski definition) is 0. The van der Waals surface area contributed by atoms with Crippen LogP contribution in [0.5, 0.6) is 0 Å². The van der Waals surface area contributed by atoms with E-state index in [1.54, 1.807) is 0 Å². The molecule has 0 aromatic carbocycles. The van der Waals surface area contributed by atoms with Gasteiger partial charge in [0.25, 0.3) is 0 Å². The first kappa shape index (κ1) is 14.0. The summed E-state index contributed by atoms with van der Waals surface area (Å²) in [5.41, 5.74) is 3.73. The van der Waals surface area contributed by atoms with Gasteiger partial charge in [-0.05, 0) is 42.2 Å². The Labute approximate surface area is 122 Å². The van der Waals surface area contributed by atoms with Crippen molar-refractivity contribution in [3.05, 3.63) is 53.5 Å². The van der Waals surface area contributed by atoms with Crippen molar-refractivity contribution < 1.29 is 0 Å². The van der Waals surface area contributed by atoms with Gasteiger partial charge in [-0.25, -0.2) is 4.98 Å². The molecule has 0 bridgehead atoms. The molecule has 100 valence electrons. The van der Waals surface area contributed by atoms with Crippen LogP contribution in [-0.4, -0.2) is 23.6 Å².